The molecule has 3 rings (SSSR count). The van der Waals surface area contributed by atoms with Gasteiger partial charge in [-0.05, 0) is 31.7 Å². The Morgan fingerprint density at radius 2 is 2.06 bits per heavy atom. The average Bonchev–Trinajstić information content (AvgIpc) is 2.86. The number of nitrogens with zero attached hydrogens (tertiary/aromatic N) is 3. The molecule has 5 nitrogen and oxygen atoms in total. The number of piperidine rings is 1. The van der Waals surface area contributed by atoms with Crippen LogP contribution in [0.25, 0.3) is 0 Å². The summed E-state index contributed by atoms with van der Waals surface area (Å²) in [6.07, 6.45) is 7.68. The molecule has 2 bridgehead atoms. The van der Waals surface area contributed by atoms with Crippen LogP contribution in [0.1, 0.15) is 25.7 Å². The summed E-state index contributed by atoms with van der Waals surface area (Å²) < 4.78 is 1.69. The van der Waals surface area contributed by atoms with Crippen molar-refractivity contribution in [3.05, 3.63) is 18.5 Å². The molecule has 1 aromatic rings. The molecule has 0 aliphatic carbocycles. The summed E-state index contributed by atoms with van der Waals surface area (Å²) >= 11 is 0. The molecule has 5 heteroatoms. The maximum absolute atomic E-state index is 12.3. The standard InChI is InChI=1S/C12H18N4O/c13-9-6-10-2-3-11(7-9)16(10)12(17)8-15-5-1-4-14-15/h1,4-5,9-11H,2-3,6-8,13H2. The smallest absolute Gasteiger partial charge is 0.244 e. The third-order valence-corrected chi connectivity index (χ3v) is 3.91. The SMILES string of the molecule is NC1CC2CCC(C1)N2C(=O)Cn1cccn1. The van der Waals surface area contributed by atoms with E-state index >= 15 is 0 Å². The number of nitrogens with two attached hydrogens (primary N) is 1. The van der Waals surface area contributed by atoms with Crippen LogP contribution in [0.4, 0.5) is 0 Å². The van der Waals surface area contributed by atoms with Crippen LogP contribution in [0.2, 0.25) is 0 Å². The van der Waals surface area contributed by atoms with Crippen molar-refractivity contribution in [1.82, 2.24) is 14.7 Å². The minimum atomic E-state index is 0.188. The van der Waals surface area contributed by atoms with Crippen LogP contribution in [-0.4, -0.2) is 38.7 Å². The fraction of sp³-hybridized carbons (Fsp3) is 0.667. The number of carbonyl (C=O) groups is 1. The van der Waals surface area contributed by atoms with E-state index in [2.05, 4.69) is 10.00 Å². The topological polar surface area (TPSA) is 64.2 Å². The number of rotatable bonds is 2. The molecule has 2 fully saturated rings. The largest absolute Gasteiger partial charge is 0.335 e. The predicted octanol–water partition coefficient (Wildman–Crippen LogP) is 0.364. The van der Waals surface area contributed by atoms with Crippen LogP contribution in [0.3, 0.4) is 0 Å². The van der Waals surface area contributed by atoms with Gasteiger partial charge in [-0.1, -0.05) is 0 Å². The molecule has 1 aromatic heterocycles. The van der Waals surface area contributed by atoms with Gasteiger partial charge in [0.15, 0.2) is 0 Å². The highest BCUT2D eigenvalue weighted by Gasteiger charge is 2.41. The summed E-state index contributed by atoms with van der Waals surface area (Å²) in [5, 5.41) is 4.08. The Bertz CT molecular complexity index is 389. The fourth-order valence-corrected chi connectivity index (χ4v) is 3.24. The van der Waals surface area contributed by atoms with E-state index in [1.807, 2.05) is 12.3 Å². The average molecular weight is 234 g/mol. The molecule has 2 saturated heterocycles. The molecule has 3 heterocycles. The Morgan fingerprint density at radius 3 is 2.65 bits per heavy atom. The zero-order valence-electron chi connectivity index (χ0n) is 9.83. The quantitative estimate of drug-likeness (QED) is 0.803. The van der Waals surface area contributed by atoms with E-state index in [-0.39, 0.29) is 11.9 Å². The molecule has 0 saturated carbocycles. The highest BCUT2D eigenvalue weighted by Crippen LogP contribution is 2.35. The normalized spacial score (nSPS) is 31.8. The number of amides is 1. The van der Waals surface area contributed by atoms with E-state index in [9.17, 15) is 4.79 Å². The van der Waals surface area contributed by atoms with Crippen LogP contribution in [0, 0.1) is 0 Å². The van der Waals surface area contributed by atoms with E-state index in [4.69, 9.17) is 5.73 Å². The first-order chi connectivity index (χ1) is 8.24. The highest BCUT2D eigenvalue weighted by molar-refractivity contribution is 5.77. The third kappa shape index (κ3) is 1.95. The van der Waals surface area contributed by atoms with Gasteiger partial charge in [-0.2, -0.15) is 5.10 Å². The van der Waals surface area contributed by atoms with Crippen molar-refractivity contribution in [2.75, 3.05) is 0 Å². The molecular formula is C12H18N4O. The Balaban J connectivity index is 1.70. The van der Waals surface area contributed by atoms with Gasteiger partial charge in [0.1, 0.15) is 6.54 Å². The summed E-state index contributed by atoms with van der Waals surface area (Å²) in [5.74, 6) is 0.188. The van der Waals surface area contributed by atoms with Crippen LogP contribution >= 0.6 is 0 Å². The molecule has 2 aliphatic rings. The molecular weight excluding hydrogens is 216 g/mol. The Kier molecular flexibility index (Phi) is 2.63. The lowest BCUT2D eigenvalue weighted by Crippen LogP contribution is -2.51. The number of hydrogen-bond acceptors (Lipinski definition) is 3. The van der Waals surface area contributed by atoms with Gasteiger partial charge in [0.05, 0.1) is 0 Å². The zero-order chi connectivity index (χ0) is 11.8. The van der Waals surface area contributed by atoms with E-state index < -0.39 is 0 Å². The van der Waals surface area contributed by atoms with E-state index in [0.29, 0.717) is 18.6 Å². The fourth-order valence-electron chi connectivity index (χ4n) is 3.24. The monoisotopic (exact) mass is 234 g/mol. The Labute approximate surface area is 101 Å². The van der Waals surface area contributed by atoms with Gasteiger partial charge in [-0.3, -0.25) is 9.48 Å². The Hall–Kier alpha value is -1.36. The Morgan fingerprint density at radius 1 is 1.35 bits per heavy atom. The minimum Gasteiger partial charge on any atom is -0.335 e. The number of carbonyl (C=O) groups excluding carboxylic acids is 1. The molecule has 17 heavy (non-hydrogen) atoms. The van der Waals surface area contributed by atoms with Crippen molar-refractivity contribution in [2.45, 2.75) is 50.4 Å². The summed E-state index contributed by atoms with van der Waals surface area (Å²) in [6, 6.07) is 2.86. The van der Waals surface area contributed by atoms with Crippen molar-refractivity contribution in [1.29, 1.82) is 0 Å². The molecule has 2 N–H and O–H groups in total. The summed E-state index contributed by atoms with van der Waals surface area (Å²) in [7, 11) is 0. The zero-order valence-corrected chi connectivity index (χ0v) is 9.83. The third-order valence-electron chi connectivity index (χ3n) is 3.91. The van der Waals surface area contributed by atoms with Gasteiger partial charge in [-0.15, -0.1) is 0 Å². The lowest BCUT2D eigenvalue weighted by Gasteiger charge is -2.37. The van der Waals surface area contributed by atoms with E-state index in [0.717, 1.165) is 25.7 Å². The summed E-state index contributed by atoms with van der Waals surface area (Å²) in [4.78, 5) is 14.3. The molecule has 2 aliphatic heterocycles. The number of fused-ring (bicyclic) bond motifs is 2. The lowest BCUT2D eigenvalue weighted by atomic mass is 9.98. The number of aromatic nitrogens is 2. The van der Waals surface area contributed by atoms with Crippen LogP contribution in [-0.2, 0) is 11.3 Å². The summed E-state index contributed by atoms with van der Waals surface area (Å²) in [6.45, 7) is 0.356. The van der Waals surface area contributed by atoms with Gasteiger partial charge in [0.2, 0.25) is 5.91 Å². The molecule has 0 radical (unpaired) electrons. The van der Waals surface area contributed by atoms with Gasteiger partial charge in [-0.25, -0.2) is 0 Å². The predicted molar refractivity (Wildman–Crippen MR) is 63.1 cm³/mol. The number of hydrogen-bond donors (Lipinski definition) is 1. The maximum atomic E-state index is 12.3. The van der Waals surface area contributed by atoms with Gasteiger partial charge in [0.25, 0.3) is 0 Å². The van der Waals surface area contributed by atoms with Crippen molar-refractivity contribution < 1.29 is 4.79 Å². The molecule has 2 unspecified atom stereocenters. The van der Waals surface area contributed by atoms with Crippen LogP contribution in [0.15, 0.2) is 18.5 Å². The van der Waals surface area contributed by atoms with Crippen molar-refractivity contribution in [3.8, 4) is 0 Å². The van der Waals surface area contributed by atoms with Crippen LogP contribution in [0.5, 0.6) is 0 Å². The van der Waals surface area contributed by atoms with E-state index in [1.165, 1.54) is 0 Å². The first-order valence-electron chi connectivity index (χ1n) is 6.28. The van der Waals surface area contributed by atoms with Gasteiger partial charge in [0, 0.05) is 30.5 Å². The first kappa shape index (κ1) is 10.8. The van der Waals surface area contributed by atoms with Crippen LogP contribution < -0.4 is 5.73 Å². The lowest BCUT2D eigenvalue weighted by molar-refractivity contribution is -0.136. The molecule has 92 valence electrons. The van der Waals surface area contributed by atoms with Crippen molar-refractivity contribution in [3.63, 3.8) is 0 Å². The van der Waals surface area contributed by atoms with Gasteiger partial charge < -0.3 is 10.6 Å². The molecule has 0 aromatic carbocycles. The molecule has 1 amide bonds. The van der Waals surface area contributed by atoms with Crippen molar-refractivity contribution >= 4 is 5.91 Å². The molecule has 2 atom stereocenters. The summed E-state index contributed by atoms with van der Waals surface area (Å²) in [5.41, 5.74) is 6.00. The van der Waals surface area contributed by atoms with E-state index in [1.54, 1.807) is 10.9 Å². The van der Waals surface area contributed by atoms with Gasteiger partial charge >= 0.3 is 0 Å². The van der Waals surface area contributed by atoms with Crippen molar-refractivity contribution in [2.24, 2.45) is 5.73 Å². The molecule has 0 spiro atoms. The highest BCUT2D eigenvalue weighted by atomic mass is 16.2. The first-order valence-corrected chi connectivity index (χ1v) is 6.28. The second-order valence-corrected chi connectivity index (χ2v) is 5.12. The maximum Gasteiger partial charge on any atom is 0.244 e. The second kappa shape index (κ2) is 4.14. The minimum absolute atomic E-state index is 0.188. The second-order valence-electron chi connectivity index (χ2n) is 5.12.